The zero-order valence-electron chi connectivity index (χ0n) is 7.57. The second-order valence-corrected chi connectivity index (χ2v) is 3.55. The molecule has 0 fully saturated rings. The maximum absolute atomic E-state index is 4.74. The molecule has 0 aromatic carbocycles. The van der Waals surface area contributed by atoms with Gasteiger partial charge in [-0.05, 0) is 6.42 Å². The van der Waals surface area contributed by atoms with Gasteiger partial charge in [-0.15, -0.1) is 0 Å². The summed E-state index contributed by atoms with van der Waals surface area (Å²) >= 11 is 17.5. The normalized spacial score (nSPS) is 6.92. The molecule has 0 aliphatic carbocycles. The number of methoxy groups -OCH3 is 1. The van der Waals surface area contributed by atoms with Gasteiger partial charge in [0.25, 0.3) is 0 Å². The first kappa shape index (κ1) is 19.4. The molecule has 0 N–H and O–H groups in total. The molecule has 2 nitrogen and oxygen atoms in total. The van der Waals surface area contributed by atoms with Gasteiger partial charge in [0.2, 0.25) is 0 Å². The third kappa shape index (κ3) is 32.2. The Morgan fingerprint density at radius 3 is 1.69 bits per heavy atom. The molecular formula is C6H10O2S4Zn. The standard InChI is InChI=1S/C4H8OS2.C2H4OS2.Zn/c1-2-3-5-4(6)7;1-3-2(4)5;/h2-3H2,1H3,(H,6,7);1H3,(H,4,5);/q;;+2/p-2. The summed E-state index contributed by atoms with van der Waals surface area (Å²) in [5.74, 6) is 0. The molecule has 0 bridgehead atoms. The molecule has 0 rings (SSSR count). The average Bonchev–Trinajstić information content (AvgIpc) is 2.02. The number of ether oxygens (including phenoxy) is 2. The minimum absolute atomic E-state index is 0. The topological polar surface area (TPSA) is 18.5 Å². The van der Waals surface area contributed by atoms with Crippen molar-refractivity contribution in [2.45, 2.75) is 13.3 Å². The van der Waals surface area contributed by atoms with E-state index >= 15 is 0 Å². The van der Waals surface area contributed by atoms with E-state index in [1.165, 1.54) is 7.11 Å². The Morgan fingerprint density at radius 1 is 1.23 bits per heavy atom. The largest absolute Gasteiger partial charge is 2.00 e. The number of hydrogen-bond acceptors (Lipinski definition) is 6. The molecule has 0 aromatic rings. The zero-order valence-corrected chi connectivity index (χ0v) is 13.8. The fraction of sp³-hybridized carbons (Fsp3) is 0.667. The minimum Gasteiger partial charge on any atom is -0.517 e. The maximum atomic E-state index is 4.74. The molecule has 0 atom stereocenters. The van der Waals surface area contributed by atoms with E-state index in [4.69, 9.17) is 4.74 Å². The minimum atomic E-state index is 0. The van der Waals surface area contributed by atoms with Crippen molar-refractivity contribution in [3.8, 4) is 0 Å². The molecule has 0 radical (unpaired) electrons. The number of rotatable bonds is 2. The van der Waals surface area contributed by atoms with Crippen LogP contribution in [0.15, 0.2) is 0 Å². The Kier molecular flexibility index (Phi) is 22.9. The predicted octanol–water partition coefficient (Wildman–Crippen LogP) is 1.71. The Hall–Kier alpha value is 0.843. The van der Waals surface area contributed by atoms with Crippen LogP contribution in [0, 0.1) is 0 Å². The molecule has 0 aromatic heterocycles. The summed E-state index contributed by atoms with van der Waals surface area (Å²) < 4.78 is 9.43. The second kappa shape index (κ2) is 15.3. The van der Waals surface area contributed by atoms with Crippen LogP contribution in [0.2, 0.25) is 0 Å². The van der Waals surface area contributed by atoms with Crippen molar-refractivity contribution in [2.75, 3.05) is 13.7 Å². The smallest absolute Gasteiger partial charge is 0.517 e. The van der Waals surface area contributed by atoms with Crippen LogP contribution in [0.4, 0.5) is 0 Å². The number of hydrogen-bond donors (Lipinski definition) is 0. The van der Waals surface area contributed by atoms with E-state index in [1.807, 2.05) is 6.92 Å². The Labute approximate surface area is 114 Å². The molecule has 0 saturated heterocycles. The molecule has 7 heteroatoms. The molecule has 0 unspecified atom stereocenters. The van der Waals surface area contributed by atoms with Crippen molar-refractivity contribution in [1.82, 2.24) is 0 Å². The van der Waals surface area contributed by atoms with Gasteiger partial charge in [-0.3, -0.25) is 0 Å². The van der Waals surface area contributed by atoms with Gasteiger partial charge < -0.3 is 59.2 Å². The molecule has 0 spiro atoms. The van der Waals surface area contributed by atoms with Gasteiger partial charge in [0.15, 0.2) is 0 Å². The average molecular weight is 308 g/mol. The summed E-state index contributed by atoms with van der Waals surface area (Å²) in [5, 5.41) is 0. The van der Waals surface area contributed by atoms with Crippen molar-refractivity contribution in [3.05, 3.63) is 0 Å². The molecule has 72 valence electrons. The van der Waals surface area contributed by atoms with Crippen molar-refractivity contribution < 1.29 is 29.0 Å². The van der Waals surface area contributed by atoms with E-state index < -0.39 is 0 Å². The fourth-order valence-corrected chi connectivity index (χ4v) is 0.352. The van der Waals surface area contributed by atoms with Gasteiger partial charge in [0, 0.05) is 8.77 Å². The second-order valence-electron chi connectivity index (χ2n) is 1.55. The summed E-state index contributed by atoms with van der Waals surface area (Å²) in [6.07, 6.45) is 0.969. The molecule has 13 heavy (non-hydrogen) atoms. The van der Waals surface area contributed by atoms with Crippen LogP contribution in [0.3, 0.4) is 0 Å². The summed E-state index contributed by atoms with van der Waals surface area (Å²) in [6, 6.07) is 0. The zero-order chi connectivity index (χ0) is 9.98. The van der Waals surface area contributed by atoms with Gasteiger partial charge in [-0.2, -0.15) is 0 Å². The monoisotopic (exact) mass is 306 g/mol. The molecule has 0 aliphatic heterocycles. The van der Waals surface area contributed by atoms with Crippen LogP contribution in [0.1, 0.15) is 13.3 Å². The summed E-state index contributed by atoms with van der Waals surface area (Å²) in [5.41, 5.74) is 0. The van der Waals surface area contributed by atoms with Crippen LogP contribution >= 0.6 is 24.4 Å². The quantitative estimate of drug-likeness (QED) is 0.436. The Morgan fingerprint density at radius 2 is 1.62 bits per heavy atom. The van der Waals surface area contributed by atoms with E-state index in [1.54, 1.807) is 0 Å². The summed E-state index contributed by atoms with van der Waals surface area (Å²) in [7, 11) is 1.45. The SMILES string of the molecule is CCCOC(=S)[S-].COC(=S)[S-].[Zn+2]. The van der Waals surface area contributed by atoms with Gasteiger partial charge in [-0.25, -0.2) is 0 Å². The first-order valence-corrected chi connectivity index (χ1v) is 4.76. The van der Waals surface area contributed by atoms with E-state index in [2.05, 4.69) is 54.4 Å². The Balaban J connectivity index is -0.000000150. The van der Waals surface area contributed by atoms with Crippen molar-refractivity contribution >= 4 is 58.5 Å². The van der Waals surface area contributed by atoms with Crippen LogP contribution in [-0.4, -0.2) is 22.5 Å². The molecular weight excluding hydrogens is 298 g/mol. The van der Waals surface area contributed by atoms with Crippen LogP contribution in [-0.2, 0) is 54.2 Å². The van der Waals surface area contributed by atoms with E-state index in [0.29, 0.717) is 6.61 Å². The fourth-order valence-electron chi connectivity index (χ4n) is 0.185. The summed E-state index contributed by atoms with van der Waals surface area (Å²) in [4.78, 5) is 0. The predicted molar refractivity (Wildman–Crippen MR) is 63.2 cm³/mol. The van der Waals surface area contributed by atoms with Crippen molar-refractivity contribution in [1.29, 1.82) is 0 Å². The first-order valence-electron chi connectivity index (χ1n) is 3.13. The summed E-state index contributed by atoms with van der Waals surface area (Å²) in [6.45, 7) is 2.66. The van der Waals surface area contributed by atoms with Crippen LogP contribution in [0.25, 0.3) is 0 Å². The molecule has 0 saturated carbocycles. The third-order valence-corrected chi connectivity index (χ3v) is 1.16. The van der Waals surface area contributed by atoms with Gasteiger partial charge >= 0.3 is 19.5 Å². The maximum Gasteiger partial charge on any atom is 2.00 e. The van der Waals surface area contributed by atoms with Crippen LogP contribution < -0.4 is 0 Å². The van der Waals surface area contributed by atoms with E-state index in [9.17, 15) is 0 Å². The van der Waals surface area contributed by atoms with E-state index in [-0.39, 0.29) is 28.2 Å². The van der Waals surface area contributed by atoms with Gasteiger partial charge in [-0.1, -0.05) is 6.92 Å². The Bertz CT molecular complexity index is 143. The third-order valence-electron chi connectivity index (χ3n) is 0.591. The van der Waals surface area contributed by atoms with Gasteiger partial charge in [0.05, 0.1) is 13.7 Å². The van der Waals surface area contributed by atoms with Crippen LogP contribution in [0.5, 0.6) is 0 Å². The van der Waals surface area contributed by atoms with Crippen molar-refractivity contribution in [2.24, 2.45) is 0 Å². The first-order chi connectivity index (χ1) is 5.54. The van der Waals surface area contributed by atoms with Crippen molar-refractivity contribution in [3.63, 3.8) is 0 Å². The molecule has 0 heterocycles. The number of thiocarbonyl (C=S) groups is 2. The van der Waals surface area contributed by atoms with E-state index in [0.717, 1.165) is 6.42 Å². The van der Waals surface area contributed by atoms with Gasteiger partial charge in [0.1, 0.15) is 0 Å². The molecule has 0 aliphatic rings. The molecule has 0 amide bonds.